The molecule has 2 aromatic carbocycles. The van der Waals surface area contributed by atoms with E-state index in [1.54, 1.807) is 0 Å². The van der Waals surface area contributed by atoms with E-state index in [4.69, 9.17) is 4.99 Å². The van der Waals surface area contributed by atoms with E-state index in [2.05, 4.69) is 72.5 Å². The molecule has 1 heterocycles. The number of nitrogens with zero attached hydrogens (tertiary/aromatic N) is 2. The first-order chi connectivity index (χ1) is 10.4. The molecule has 2 heteroatoms. The summed E-state index contributed by atoms with van der Waals surface area (Å²) < 4.78 is 0. The Morgan fingerprint density at radius 3 is 2.05 bits per heavy atom. The average molecular weight is 278 g/mol. The van der Waals surface area contributed by atoms with Gasteiger partial charge in [-0.1, -0.05) is 67.6 Å². The maximum absolute atomic E-state index is 5.09. The standard InChI is InChI=1S/C19H22N2/c1-2-21-14-13-18(15-21)20-19(16-9-5-3-6-10-16)17-11-7-4-8-12-17/h3-12,18H,2,13-15H2,1H3/t18-/m0/s1. The van der Waals surface area contributed by atoms with Gasteiger partial charge in [0, 0.05) is 24.2 Å². The van der Waals surface area contributed by atoms with Crippen molar-refractivity contribution in [3.8, 4) is 0 Å². The Morgan fingerprint density at radius 2 is 1.57 bits per heavy atom. The molecule has 0 saturated carbocycles. The van der Waals surface area contributed by atoms with Crippen molar-refractivity contribution in [1.82, 2.24) is 4.90 Å². The number of likely N-dealkylation sites (N-methyl/N-ethyl adjacent to an activating group) is 1. The zero-order chi connectivity index (χ0) is 14.5. The van der Waals surface area contributed by atoms with E-state index < -0.39 is 0 Å². The molecular formula is C19H22N2. The first-order valence-electron chi connectivity index (χ1n) is 7.78. The van der Waals surface area contributed by atoms with E-state index in [-0.39, 0.29) is 0 Å². The van der Waals surface area contributed by atoms with Crippen molar-refractivity contribution < 1.29 is 0 Å². The summed E-state index contributed by atoms with van der Waals surface area (Å²) in [7, 11) is 0. The van der Waals surface area contributed by atoms with Crippen LogP contribution in [0.15, 0.2) is 65.7 Å². The van der Waals surface area contributed by atoms with Crippen molar-refractivity contribution in [2.75, 3.05) is 19.6 Å². The van der Waals surface area contributed by atoms with E-state index in [1.807, 2.05) is 0 Å². The van der Waals surface area contributed by atoms with Crippen LogP contribution in [0.2, 0.25) is 0 Å². The highest BCUT2D eigenvalue weighted by atomic mass is 15.2. The molecule has 0 radical (unpaired) electrons. The molecule has 0 unspecified atom stereocenters. The second kappa shape index (κ2) is 6.68. The average Bonchev–Trinajstić information content (AvgIpc) is 3.02. The molecule has 0 aliphatic carbocycles. The Kier molecular flexibility index (Phi) is 4.46. The molecule has 1 atom stereocenters. The van der Waals surface area contributed by atoms with Gasteiger partial charge < -0.3 is 4.90 Å². The van der Waals surface area contributed by atoms with Gasteiger partial charge in [0.2, 0.25) is 0 Å². The third-order valence-electron chi connectivity index (χ3n) is 4.10. The van der Waals surface area contributed by atoms with Crippen LogP contribution in [0.1, 0.15) is 24.5 Å². The van der Waals surface area contributed by atoms with E-state index in [0.717, 1.165) is 25.2 Å². The highest BCUT2D eigenvalue weighted by molar-refractivity contribution is 6.12. The van der Waals surface area contributed by atoms with Gasteiger partial charge in [0.1, 0.15) is 0 Å². The van der Waals surface area contributed by atoms with Crippen molar-refractivity contribution in [2.45, 2.75) is 19.4 Å². The fraction of sp³-hybridized carbons (Fsp3) is 0.316. The number of aliphatic imine (C=N–C) groups is 1. The zero-order valence-electron chi connectivity index (χ0n) is 12.6. The second-order valence-corrected chi connectivity index (χ2v) is 5.55. The van der Waals surface area contributed by atoms with E-state index >= 15 is 0 Å². The lowest BCUT2D eigenvalue weighted by atomic mass is 10.0. The van der Waals surface area contributed by atoms with Gasteiger partial charge in [0.15, 0.2) is 0 Å². The minimum absolute atomic E-state index is 0.417. The van der Waals surface area contributed by atoms with Crippen LogP contribution < -0.4 is 0 Å². The number of hydrogen-bond donors (Lipinski definition) is 0. The van der Waals surface area contributed by atoms with Gasteiger partial charge >= 0.3 is 0 Å². The Labute approximate surface area is 127 Å². The zero-order valence-corrected chi connectivity index (χ0v) is 12.6. The molecule has 2 aromatic rings. The normalized spacial score (nSPS) is 18.6. The van der Waals surface area contributed by atoms with Crippen molar-refractivity contribution in [2.24, 2.45) is 4.99 Å². The van der Waals surface area contributed by atoms with Crippen molar-refractivity contribution >= 4 is 5.71 Å². The van der Waals surface area contributed by atoms with Crippen molar-refractivity contribution in [3.63, 3.8) is 0 Å². The number of benzene rings is 2. The summed E-state index contributed by atoms with van der Waals surface area (Å²) >= 11 is 0. The molecule has 1 aliphatic heterocycles. The molecule has 0 aromatic heterocycles. The van der Waals surface area contributed by atoms with E-state index in [9.17, 15) is 0 Å². The molecule has 0 spiro atoms. The molecule has 1 aliphatic rings. The van der Waals surface area contributed by atoms with Gasteiger partial charge in [0.25, 0.3) is 0 Å². The molecule has 2 nitrogen and oxygen atoms in total. The van der Waals surface area contributed by atoms with Gasteiger partial charge in [-0.25, -0.2) is 0 Å². The molecular weight excluding hydrogens is 256 g/mol. The van der Waals surface area contributed by atoms with Crippen LogP contribution in [-0.4, -0.2) is 36.3 Å². The predicted octanol–water partition coefficient (Wildman–Crippen LogP) is 3.62. The smallest absolute Gasteiger partial charge is 0.0722 e. The minimum Gasteiger partial charge on any atom is -0.301 e. The minimum atomic E-state index is 0.417. The van der Waals surface area contributed by atoms with Crippen molar-refractivity contribution in [1.29, 1.82) is 0 Å². The van der Waals surface area contributed by atoms with Crippen LogP contribution in [0, 0.1) is 0 Å². The third-order valence-corrected chi connectivity index (χ3v) is 4.10. The van der Waals surface area contributed by atoms with Crippen LogP contribution >= 0.6 is 0 Å². The Hall–Kier alpha value is -1.93. The summed E-state index contributed by atoms with van der Waals surface area (Å²) in [6.07, 6.45) is 1.16. The van der Waals surface area contributed by atoms with Gasteiger partial charge in [-0.05, 0) is 13.0 Å². The van der Waals surface area contributed by atoms with Crippen LogP contribution in [0.3, 0.4) is 0 Å². The molecule has 1 fully saturated rings. The number of hydrogen-bond acceptors (Lipinski definition) is 2. The summed E-state index contributed by atoms with van der Waals surface area (Å²) in [4.78, 5) is 7.56. The van der Waals surface area contributed by atoms with Crippen molar-refractivity contribution in [3.05, 3.63) is 71.8 Å². The lowest BCUT2D eigenvalue weighted by Crippen LogP contribution is -2.21. The molecule has 108 valence electrons. The molecule has 1 saturated heterocycles. The lowest BCUT2D eigenvalue weighted by Gasteiger charge is -2.13. The summed E-state index contributed by atoms with van der Waals surface area (Å²) in [5.74, 6) is 0. The Balaban J connectivity index is 1.94. The Morgan fingerprint density at radius 1 is 1.00 bits per heavy atom. The highest BCUT2D eigenvalue weighted by Crippen LogP contribution is 2.17. The molecule has 0 N–H and O–H groups in total. The van der Waals surface area contributed by atoms with Gasteiger partial charge in [-0.3, -0.25) is 4.99 Å². The molecule has 3 rings (SSSR count). The molecule has 21 heavy (non-hydrogen) atoms. The molecule has 0 amide bonds. The number of rotatable bonds is 4. The fourth-order valence-electron chi connectivity index (χ4n) is 2.90. The lowest BCUT2D eigenvalue weighted by molar-refractivity contribution is 0.354. The summed E-state index contributed by atoms with van der Waals surface area (Å²) in [6.45, 7) is 5.60. The van der Waals surface area contributed by atoms with Gasteiger partial charge in [-0.2, -0.15) is 0 Å². The monoisotopic (exact) mass is 278 g/mol. The van der Waals surface area contributed by atoms with Crippen LogP contribution in [0.5, 0.6) is 0 Å². The Bertz CT molecular complexity index is 548. The number of likely N-dealkylation sites (tertiary alicyclic amines) is 1. The SMILES string of the molecule is CCN1CC[C@H](N=C(c2ccccc2)c2ccccc2)C1. The third kappa shape index (κ3) is 3.40. The fourth-order valence-corrected chi connectivity index (χ4v) is 2.90. The van der Waals surface area contributed by atoms with Crippen LogP contribution in [0.4, 0.5) is 0 Å². The second-order valence-electron chi connectivity index (χ2n) is 5.55. The first kappa shape index (κ1) is 14.0. The first-order valence-corrected chi connectivity index (χ1v) is 7.78. The quantitative estimate of drug-likeness (QED) is 0.780. The van der Waals surface area contributed by atoms with Gasteiger partial charge in [0.05, 0.1) is 11.8 Å². The summed E-state index contributed by atoms with van der Waals surface area (Å²) in [5.41, 5.74) is 3.54. The maximum Gasteiger partial charge on any atom is 0.0722 e. The maximum atomic E-state index is 5.09. The van der Waals surface area contributed by atoms with E-state index in [1.165, 1.54) is 17.7 Å². The summed E-state index contributed by atoms with van der Waals surface area (Å²) in [6, 6.07) is 21.5. The van der Waals surface area contributed by atoms with Gasteiger partial charge in [-0.15, -0.1) is 0 Å². The largest absolute Gasteiger partial charge is 0.301 e. The molecule has 0 bridgehead atoms. The van der Waals surface area contributed by atoms with Crippen LogP contribution in [0.25, 0.3) is 0 Å². The highest BCUT2D eigenvalue weighted by Gasteiger charge is 2.21. The summed E-state index contributed by atoms with van der Waals surface area (Å²) in [5, 5.41) is 0. The van der Waals surface area contributed by atoms with E-state index in [0.29, 0.717) is 6.04 Å². The topological polar surface area (TPSA) is 15.6 Å². The predicted molar refractivity (Wildman–Crippen MR) is 89.0 cm³/mol. The van der Waals surface area contributed by atoms with Crippen LogP contribution in [-0.2, 0) is 0 Å².